The van der Waals surface area contributed by atoms with E-state index in [9.17, 15) is 0 Å². The van der Waals surface area contributed by atoms with Gasteiger partial charge >= 0.3 is 0 Å². The van der Waals surface area contributed by atoms with Gasteiger partial charge in [-0.3, -0.25) is 0 Å². The number of nitrogen functional groups attached to an aromatic ring is 1. The molecule has 0 fully saturated rings. The molecule has 0 unspecified atom stereocenters. The summed E-state index contributed by atoms with van der Waals surface area (Å²) in [5, 5.41) is 4.36. The summed E-state index contributed by atoms with van der Waals surface area (Å²) in [5.74, 6) is 0.907. The van der Waals surface area contributed by atoms with Gasteiger partial charge < -0.3 is 15.2 Å². The van der Waals surface area contributed by atoms with Gasteiger partial charge in [0.05, 0.1) is 16.4 Å². The van der Waals surface area contributed by atoms with Gasteiger partial charge in [0, 0.05) is 11.8 Å². The molecule has 0 saturated carbocycles. The zero-order valence-corrected chi connectivity index (χ0v) is 9.98. The van der Waals surface area contributed by atoms with E-state index in [-0.39, 0.29) is 0 Å². The topological polar surface area (TPSA) is 80.7 Å². The molecule has 0 aliphatic rings. The second-order valence-corrected chi connectivity index (χ2v) is 4.15. The Morgan fingerprint density at radius 2 is 2.17 bits per heavy atom. The molecule has 0 amide bonds. The molecule has 0 saturated heterocycles. The number of rotatable bonds is 2. The van der Waals surface area contributed by atoms with Crippen molar-refractivity contribution in [3.8, 4) is 23.0 Å². The summed E-state index contributed by atoms with van der Waals surface area (Å²) in [7, 11) is 0. The van der Waals surface area contributed by atoms with Gasteiger partial charge in [-0.25, -0.2) is 0 Å². The highest BCUT2D eigenvalue weighted by atomic mass is 35.5. The molecule has 3 rings (SSSR count). The van der Waals surface area contributed by atoms with E-state index in [1.807, 2.05) is 12.1 Å². The van der Waals surface area contributed by atoms with Crippen molar-refractivity contribution in [2.24, 2.45) is 0 Å². The number of halogens is 1. The first-order chi connectivity index (χ1) is 8.74. The Kier molecular flexibility index (Phi) is 2.53. The lowest BCUT2D eigenvalue weighted by atomic mass is 10.2. The molecule has 5 nitrogen and oxygen atoms in total. The number of nitrogens with one attached hydrogen (secondary N) is 1. The summed E-state index contributed by atoms with van der Waals surface area (Å²) in [5.41, 5.74) is 7.70. The number of benzene rings is 1. The summed E-state index contributed by atoms with van der Waals surface area (Å²) < 4.78 is 5.19. The van der Waals surface area contributed by atoms with Crippen LogP contribution in [0.3, 0.4) is 0 Å². The summed E-state index contributed by atoms with van der Waals surface area (Å²) >= 11 is 5.95. The molecule has 0 bridgehead atoms. The van der Waals surface area contributed by atoms with E-state index in [4.69, 9.17) is 21.9 Å². The van der Waals surface area contributed by atoms with E-state index in [1.54, 1.807) is 24.4 Å². The van der Waals surface area contributed by atoms with Crippen LogP contribution in [0.1, 0.15) is 0 Å². The Bertz CT molecular complexity index is 675. The van der Waals surface area contributed by atoms with E-state index < -0.39 is 0 Å². The summed E-state index contributed by atoms with van der Waals surface area (Å²) in [6.07, 6.45) is 1.80. The van der Waals surface area contributed by atoms with E-state index >= 15 is 0 Å². The standard InChI is InChI=1S/C12H9ClN4O/c13-8-6-7(3-4-9(8)14)12-16-11(17-18-12)10-2-1-5-15-10/h1-6,15H,14H2. The molecule has 0 aliphatic heterocycles. The number of H-pyrrole nitrogens is 1. The normalized spacial score (nSPS) is 10.7. The molecular formula is C12H9ClN4O. The molecule has 3 aromatic rings. The van der Waals surface area contributed by atoms with Gasteiger partial charge in [0.25, 0.3) is 5.89 Å². The Hall–Kier alpha value is -2.27. The summed E-state index contributed by atoms with van der Waals surface area (Å²) in [6.45, 7) is 0. The number of anilines is 1. The van der Waals surface area contributed by atoms with Crippen molar-refractivity contribution in [2.75, 3.05) is 5.73 Å². The van der Waals surface area contributed by atoms with Crippen molar-refractivity contribution in [3.63, 3.8) is 0 Å². The van der Waals surface area contributed by atoms with Crippen LogP contribution in [0.4, 0.5) is 5.69 Å². The van der Waals surface area contributed by atoms with Crippen LogP contribution in [-0.4, -0.2) is 15.1 Å². The van der Waals surface area contributed by atoms with E-state index in [1.165, 1.54) is 0 Å². The predicted molar refractivity (Wildman–Crippen MR) is 68.9 cm³/mol. The van der Waals surface area contributed by atoms with Gasteiger partial charge in [0.15, 0.2) is 0 Å². The maximum Gasteiger partial charge on any atom is 0.258 e. The number of hydrogen-bond acceptors (Lipinski definition) is 4. The van der Waals surface area contributed by atoms with Crippen molar-refractivity contribution in [1.82, 2.24) is 15.1 Å². The second kappa shape index (κ2) is 4.19. The Morgan fingerprint density at radius 3 is 2.89 bits per heavy atom. The number of nitrogens with two attached hydrogens (primary N) is 1. The summed E-state index contributed by atoms with van der Waals surface area (Å²) in [6, 6.07) is 8.92. The van der Waals surface area contributed by atoms with Crippen molar-refractivity contribution in [2.45, 2.75) is 0 Å². The van der Waals surface area contributed by atoms with Gasteiger partial charge in [0.1, 0.15) is 0 Å². The molecule has 1 aromatic carbocycles. The molecule has 90 valence electrons. The van der Waals surface area contributed by atoms with E-state index in [2.05, 4.69) is 15.1 Å². The molecule has 0 spiro atoms. The van der Waals surface area contributed by atoms with Crippen LogP contribution >= 0.6 is 11.6 Å². The molecule has 6 heteroatoms. The minimum absolute atomic E-state index is 0.404. The molecule has 0 radical (unpaired) electrons. The van der Waals surface area contributed by atoms with Crippen LogP contribution in [0.5, 0.6) is 0 Å². The third-order valence-electron chi connectivity index (χ3n) is 2.51. The number of nitrogens with zero attached hydrogens (tertiary/aromatic N) is 2. The lowest BCUT2D eigenvalue weighted by molar-refractivity contribution is 0.432. The molecule has 0 aliphatic carbocycles. The molecule has 18 heavy (non-hydrogen) atoms. The first-order valence-corrected chi connectivity index (χ1v) is 5.65. The van der Waals surface area contributed by atoms with Gasteiger partial charge in [-0.05, 0) is 30.3 Å². The number of aromatic nitrogens is 3. The molecular weight excluding hydrogens is 252 g/mol. The largest absolute Gasteiger partial charge is 0.398 e. The fourth-order valence-corrected chi connectivity index (χ4v) is 1.76. The van der Waals surface area contributed by atoms with Crippen molar-refractivity contribution >= 4 is 17.3 Å². The predicted octanol–water partition coefficient (Wildman–Crippen LogP) is 2.97. The average Bonchev–Trinajstić information content (AvgIpc) is 3.01. The fourth-order valence-electron chi connectivity index (χ4n) is 1.58. The minimum Gasteiger partial charge on any atom is -0.398 e. The van der Waals surface area contributed by atoms with Crippen LogP contribution in [0.2, 0.25) is 5.02 Å². The fraction of sp³-hybridized carbons (Fsp3) is 0. The third kappa shape index (κ3) is 1.84. The van der Waals surface area contributed by atoms with Gasteiger partial charge in [0.2, 0.25) is 5.82 Å². The zero-order chi connectivity index (χ0) is 12.5. The summed E-state index contributed by atoms with van der Waals surface area (Å²) in [4.78, 5) is 7.29. The third-order valence-corrected chi connectivity index (χ3v) is 2.84. The van der Waals surface area contributed by atoms with Crippen LogP contribution in [-0.2, 0) is 0 Å². The molecule has 2 aromatic heterocycles. The van der Waals surface area contributed by atoms with Gasteiger partial charge in [-0.15, -0.1) is 0 Å². The average molecular weight is 261 g/mol. The van der Waals surface area contributed by atoms with Crippen molar-refractivity contribution < 1.29 is 4.52 Å². The van der Waals surface area contributed by atoms with Crippen LogP contribution in [0.25, 0.3) is 23.0 Å². The zero-order valence-electron chi connectivity index (χ0n) is 9.22. The van der Waals surface area contributed by atoms with E-state index in [0.29, 0.717) is 22.4 Å². The van der Waals surface area contributed by atoms with Crippen molar-refractivity contribution in [1.29, 1.82) is 0 Å². The minimum atomic E-state index is 0.404. The monoisotopic (exact) mass is 260 g/mol. The maximum absolute atomic E-state index is 5.95. The number of aromatic amines is 1. The Morgan fingerprint density at radius 1 is 1.28 bits per heavy atom. The highest BCUT2D eigenvalue weighted by Crippen LogP contribution is 2.27. The van der Waals surface area contributed by atoms with Gasteiger partial charge in [-0.2, -0.15) is 4.98 Å². The molecule has 2 heterocycles. The first-order valence-electron chi connectivity index (χ1n) is 5.27. The van der Waals surface area contributed by atoms with E-state index in [0.717, 1.165) is 11.3 Å². The SMILES string of the molecule is Nc1ccc(-c2nc(-c3ccc[nH]3)no2)cc1Cl. The molecule has 3 N–H and O–H groups in total. The van der Waals surface area contributed by atoms with Crippen molar-refractivity contribution in [3.05, 3.63) is 41.6 Å². The molecule has 0 atom stereocenters. The Labute approximate surface area is 108 Å². The van der Waals surface area contributed by atoms with Gasteiger partial charge in [-0.1, -0.05) is 16.8 Å². The first kappa shape index (κ1) is 10.9. The second-order valence-electron chi connectivity index (χ2n) is 3.74. The lowest BCUT2D eigenvalue weighted by Crippen LogP contribution is -1.86. The van der Waals surface area contributed by atoms with Crippen LogP contribution < -0.4 is 5.73 Å². The van der Waals surface area contributed by atoms with Crippen LogP contribution in [0, 0.1) is 0 Å². The quantitative estimate of drug-likeness (QED) is 0.694. The lowest BCUT2D eigenvalue weighted by Gasteiger charge is -1.98. The van der Waals surface area contributed by atoms with Crippen LogP contribution in [0.15, 0.2) is 41.1 Å². The smallest absolute Gasteiger partial charge is 0.258 e. The Balaban J connectivity index is 2.00. The number of hydrogen-bond donors (Lipinski definition) is 2. The highest BCUT2D eigenvalue weighted by Gasteiger charge is 2.11. The maximum atomic E-state index is 5.95. The highest BCUT2D eigenvalue weighted by molar-refractivity contribution is 6.33.